The van der Waals surface area contributed by atoms with Gasteiger partial charge in [0.15, 0.2) is 6.10 Å². The highest BCUT2D eigenvalue weighted by Gasteiger charge is 2.25. The van der Waals surface area contributed by atoms with Crippen LogP contribution in [0.2, 0.25) is 0 Å². The first kappa shape index (κ1) is 7.27. The predicted molar refractivity (Wildman–Crippen MR) is 59.9 cm³/mol. The van der Waals surface area contributed by atoms with Crippen molar-refractivity contribution in [1.29, 1.82) is 0 Å². The normalized spacial score (nSPS) is 20.8. The van der Waals surface area contributed by atoms with E-state index in [1.165, 1.54) is 0 Å². The summed E-state index contributed by atoms with van der Waals surface area (Å²) in [6.07, 6.45) is -1.65. The zero-order valence-corrected chi connectivity index (χ0v) is 9.69. The molecule has 0 rings (SSSR count). The summed E-state index contributed by atoms with van der Waals surface area (Å²) >= 11 is 0. The van der Waals surface area contributed by atoms with Crippen molar-refractivity contribution >= 4 is 11.9 Å². The predicted octanol–water partition coefficient (Wildman–Crippen LogP) is 0.735. The van der Waals surface area contributed by atoms with Crippen molar-refractivity contribution in [1.82, 2.24) is 0 Å². The van der Waals surface area contributed by atoms with Gasteiger partial charge in [-0.05, 0) is 0 Å². The minimum absolute atomic E-state index is 0.104. The topological polar surface area (TPSA) is 63.6 Å². The van der Waals surface area contributed by atoms with Crippen molar-refractivity contribution in [2.75, 3.05) is 27.7 Å². The first-order valence-corrected chi connectivity index (χ1v) is 4.77. The number of hydrogen-bond acceptors (Lipinski definition) is 3. The lowest BCUT2D eigenvalue weighted by Gasteiger charge is -2.28. The molecule has 0 radical (unpaired) electrons. The van der Waals surface area contributed by atoms with Crippen LogP contribution in [0.25, 0.3) is 0 Å². The van der Waals surface area contributed by atoms with Crippen LogP contribution in [-0.2, 0) is 14.3 Å². The highest BCUT2D eigenvalue weighted by molar-refractivity contribution is 5.73. The molecule has 1 N–H and O–H groups in total. The average molecular weight is 238 g/mol. The second kappa shape index (κ2) is 5.84. The number of carbonyl (C=O) groups is 2. The van der Waals surface area contributed by atoms with Gasteiger partial charge in [0.05, 0.1) is 33.5 Å². The van der Waals surface area contributed by atoms with E-state index in [9.17, 15) is 9.59 Å². The number of ether oxygens (including phenoxy) is 1. The van der Waals surface area contributed by atoms with Crippen LogP contribution in [-0.4, -0.2) is 55.3 Å². The zero-order chi connectivity index (χ0) is 17.9. The Hall–Kier alpha value is -1.10. The molecule has 0 fully saturated rings. The summed E-state index contributed by atoms with van der Waals surface area (Å²) in [5, 5.41) is 8.83. The Bertz CT molecular complexity index is 398. The molecule has 0 unspecified atom stereocenters. The van der Waals surface area contributed by atoms with E-state index in [-0.39, 0.29) is 11.0 Å². The SMILES string of the molecule is [2H]C([2H])([2H])C(C(=O)O[C@@H](CC(=O)O)C[N+](C)(C)C)C([2H])([2H])[2H]. The van der Waals surface area contributed by atoms with Gasteiger partial charge in [0, 0.05) is 8.22 Å². The molecule has 0 aliphatic heterocycles. The molecular formula is C11H22NO4+. The Labute approximate surface area is 105 Å². The number of carboxylic acid groups (broad SMARTS) is 1. The number of likely N-dealkylation sites (N-methyl/N-ethyl adjacent to an activating group) is 1. The lowest BCUT2D eigenvalue weighted by atomic mass is 10.2. The summed E-state index contributed by atoms with van der Waals surface area (Å²) in [6.45, 7) is -6.02. The van der Waals surface area contributed by atoms with Gasteiger partial charge in [0.2, 0.25) is 0 Å². The van der Waals surface area contributed by atoms with Crippen LogP contribution in [0.1, 0.15) is 28.3 Å². The molecule has 0 aliphatic carbocycles. The summed E-state index contributed by atoms with van der Waals surface area (Å²) in [5.74, 6) is -4.96. The van der Waals surface area contributed by atoms with Crippen LogP contribution in [0.3, 0.4) is 0 Å². The molecule has 1 atom stereocenters. The molecule has 0 saturated heterocycles. The van der Waals surface area contributed by atoms with Gasteiger partial charge in [-0.1, -0.05) is 13.7 Å². The van der Waals surface area contributed by atoms with Crippen molar-refractivity contribution in [3.63, 3.8) is 0 Å². The van der Waals surface area contributed by atoms with E-state index >= 15 is 0 Å². The van der Waals surface area contributed by atoms with Crippen molar-refractivity contribution in [3.05, 3.63) is 0 Å². The Morgan fingerprint density at radius 2 is 1.94 bits per heavy atom. The molecule has 0 aromatic carbocycles. The van der Waals surface area contributed by atoms with Crippen molar-refractivity contribution < 1.29 is 32.1 Å². The molecule has 0 bridgehead atoms. The number of carboxylic acids is 1. The van der Waals surface area contributed by atoms with Crippen molar-refractivity contribution in [3.8, 4) is 0 Å². The van der Waals surface area contributed by atoms with E-state index in [4.69, 9.17) is 18.1 Å². The van der Waals surface area contributed by atoms with Gasteiger partial charge >= 0.3 is 11.9 Å². The first-order chi connectivity index (χ1) is 9.54. The maximum absolute atomic E-state index is 12.0. The molecule has 0 aliphatic rings. The van der Waals surface area contributed by atoms with E-state index in [0.717, 1.165) is 0 Å². The lowest BCUT2D eigenvalue weighted by molar-refractivity contribution is -0.873. The van der Waals surface area contributed by atoms with Crippen molar-refractivity contribution in [2.24, 2.45) is 5.92 Å². The molecule has 0 amide bonds. The van der Waals surface area contributed by atoms with Crippen LogP contribution in [0.4, 0.5) is 0 Å². The summed E-state index contributed by atoms with van der Waals surface area (Å²) < 4.78 is 48.3. The Morgan fingerprint density at radius 3 is 2.31 bits per heavy atom. The highest BCUT2D eigenvalue weighted by Crippen LogP contribution is 2.08. The van der Waals surface area contributed by atoms with Crippen molar-refractivity contribution in [2.45, 2.75) is 26.2 Å². The van der Waals surface area contributed by atoms with Gasteiger partial charge < -0.3 is 14.3 Å². The number of nitrogens with zero attached hydrogens (tertiary/aromatic N) is 1. The molecule has 0 heterocycles. The second-order valence-corrected chi connectivity index (χ2v) is 4.56. The fourth-order valence-electron chi connectivity index (χ4n) is 1.18. The molecular weight excluding hydrogens is 210 g/mol. The highest BCUT2D eigenvalue weighted by atomic mass is 16.5. The summed E-state index contributed by atoms with van der Waals surface area (Å²) in [7, 11) is 5.19. The van der Waals surface area contributed by atoms with E-state index in [1.54, 1.807) is 21.1 Å². The molecule has 0 spiro atoms. The number of rotatable bonds is 6. The van der Waals surface area contributed by atoms with Gasteiger partial charge in [-0.2, -0.15) is 0 Å². The van der Waals surface area contributed by atoms with Gasteiger partial charge in [0.1, 0.15) is 6.54 Å². The van der Waals surface area contributed by atoms with Gasteiger partial charge in [-0.15, -0.1) is 0 Å². The minimum atomic E-state index is -3.06. The largest absolute Gasteiger partial charge is 0.481 e. The first-order valence-electron chi connectivity index (χ1n) is 7.77. The van der Waals surface area contributed by atoms with Crippen LogP contribution < -0.4 is 0 Å². The summed E-state index contributed by atoms with van der Waals surface area (Å²) in [4.78, 5) is 22.8. The maximum Gasteiger partial charge on any atom is 0.308 e. The van der Waals surface area contributed by atoms with Gasteiger partial charge in [0.25, 0.3) is 0 Å². The molecule has 5 nitrogen and oxygen atoms in total. The van der Waals surface area contributed by atoms with E-state index in [1.807, 2.05) is 0 Å². The van der Waals surface area contributed by atoms with Gasteiger partial charge in [-0.3, -0.25) is 9.59 Å². The lowest BCUT2D eigenvalue weighted by Crippen LogP contribution is -2.44. The number of hydrogen-bond donors (Lipinski definition) is 1. The fourth-order valence-corrected chi connectivity index (χ4v) is 1.18. The van der Waals surface area contributed by atoms with Crippen LogP contribution in [0.5, 0.6) is 0 Å². The molecule has 94 valence electrons. The smallest absolute Gasteiger partial charge is 0.308 e. The summed E-state index contributed by atoms with van der Waals surface area (Å²) in [5.41, 5.74) is 0. The molecule has 0 saturated carbocycles. The Kier molecular flexibility index (Phi) is 2.65. The number of carbonyl (C=O) groups excluding carboxylic acids is 1. The quantitative estimate of drug-likeness (QED) is 0.547. The van der Waals surface area contributed by atoms with Crippen LogP contribution in [0, 0.1) is 5.92 Å². The Balaban J connectivity index is 5.25. The van der Waals surface area contributed by atoms with Crippen LogP contribution >= 0.6 is 0 Å². The monoisotopic (exact) mass is 238 g/mol. The summed E-state index contributed by atoms with van der Waals surface area (Å²) in [6, 6.07) is 0. The third kappa shape index (κ3) is 7.23. The second-order valence-electron chi connectivity index (χ2n) is 4.56. The fraction of sp³-hybridized carbons (Fsp3) is 0.818. The number of aliphatic carboxylic acids is 1. The molecule has 0 aromatic heterocycles. The third-order valence-electron chi connectivity index (χ3n) is 1.67. The average Bonchev–Trinajstić information content (AvgIpc) is 2.05. The van der Waals surface area contributed by atoms with Gasteiger partial charge in [-0.25, -0.2) is 0 Å². The van der Waals surface area contributed by atoms with Crippen LogP contribution in [0.15, 0.2) is 0 Å². The molecule has 16 heavy (non-hydrogen) atoms. The van der Waals surface area contributed by atoms with E-state index in [0.29, 0.717) is 0 Å². The van der Waals surface area contributed by atoms with E-state index in [2.05, 4.69) is 0 Å². The maximum atomic E-state index is 12.0. The third-order valence-corrected chi connectivity index (χ3v) is 1.67. The zero-order valence-electron chi connectivity index (χ0n) is 15.7. The molecule has 0 aromatic rings. The number of quaternary nitrogens is 1. The van der Waals surface area contributed by atoms with E-state index < -0.39 is 44.1 Å². The standard InChI is InChI=1S/C11H21NO4/c1-8(2)11(15)16-9(6-10(13)14)7-12(3,4)5/h8-9H,6-7H2,1-5H3/p+1/t9-/m0/s1/i1D3,2D3. The Morgan fingerprint density at radius 1 is 1.38 bits per heavy atom. The molecule has 5 heteroatoms. The minimum Gasteiger partial charge on any atom is -0.481 e. The number of esters is 1.